The lowest BCUT2D eigenvalue weighted by Gasteiger charge is -2.44. The molecule has 63 heavy (non-hydrogen) atoms. The minimum atomic E-state index is -6.18. The minimum absolute atomic E-state index is 0.731. The molecule has 0 radical (unpaired) electrons. The summed E-state index contributed by atoms with van der Waals surface area (Å²) >= 11 is 0. The molecule has 0 saturated heterocycles. The first-order valence-corrected chi connectivity index (χ1v) is 19.7. The fourth-order valence-electron chi connectivity index (χ4n) is 7.77. The highest BCUT2D eigenvalue weighted by Crippen LogP contribution is 2.36. The molecule has 0 aliphatic heterocycles. The predicted octanol–water partition coefficient (Wildman–Crippen LogP) is 9.39. The van der Waals surface area contributed by atoms with E-state index in [2.05, 4.69) is 93.6 Å². The lowest BCUT2D eigenvalue weighted by molar-refractivity contribution is 0.434. The third-order valence-corrected chi connectivity index (χ3v) is 13.9. The molecule has 0 bridgehead atoms. The second-order valence-corrected chi connectivity index (χ2v) is 16.6. The number of aryl methyl sites for hydroxylation is 3. The molecule has 7 rings (SSSR count). The van der Waals surface area contributed by atoms with Gasteiger partial charge in [-0.1, -0.05) is 54.6 Å². The summed E-state index contributed by atoms with van der Waals surface area (Å²) in [5.74, 6) is -45.1. The largest absolute Gasteiger partial charge is 0.210 e. The summed E-state index contributed by atoms with van der Waals surface area (Å²) < 4.78 is 235. The Morgan fingerprint density at radius 3 is 0.698 bits per heavy atom. The molecular formula is C45H26BF16P. The highest BCUT2D eigenvalue weighted by Gasteiger charge is 2.49. The first kappa shape index (κ1) is 46.4. The van der Waals surface area contributed by atoms with Crippen LogP contribution in [0.25, 0.3) is 0 Å². The fraction of sp³-hybridized carbons (Fsp3) is 0.0667. The van der Waals surface area contributed by atoms with E-state index in [0.29, 0.717) is 0 Å². The highest BCUT2D eigenvalue weighted by molar-refractivity contribution is 7.80. The van der Waals surface area contributed by atoms with Gasteiger partial charge in [0.15, 0.2) is 46.5 Å². The van der Waals surface area contributed by atoms with Crippen LogP contribution in [0.1, 0.15) is 16.7 Å². The molecule has 0 aliphatic rings. The Bertz CT molecular complexity index is 2570. The van der Waals surface area contributed by atoms with E-state index in [4.69, 9.17) is 0 Å². The molecule has 0 fully saturated rings. The van der Waals surface area contributed by atoms with Gasteiger partial charge in [-0.05, 0) is 55.7 Å². The Kier molecular flexibility index (Phi) is 13.2. The van der Waals surface area contributed by atoms with Gasteiger partial charge in [-0.2, -0.15) is 0 Å². The van der Waals surface area contributed by atoms with Crippen LogP contribution in [0.15, 0.2) is 97.1 Å². The first-order chi connectivity index (χ1) is 29.7. The molecule has 0 aromatic heterocycles. The predicted molar refractivity (Wildman–Crippen MR) is 210 cm³/mol. The van der Waals surface area contributed by atoms with Crippen molar-refractivity contribution in [3.05, 3.63) is 207 Å². The maximum Gasteiger partial charge on any atom is 0.191 e. The maximum absolute atomic E-state index is 15.3. The van der Waals surface area contributed by atoms with Gasteiger partial charge in [0, 0.05) is 24.3 Å². The van der Waals surface area contributed by atoms with Crippen LogP contribution in [0.3, 0.4) is 0 Å². The van der Waals surface area contributed by atoms with Crippen molar-refractivity contribution in [2.45, 2.75) is 20.8 Å². The van der Waals surface area contributed by atoms with Crippen LogP contribution in [-0.2, 0) is 0 Å². The van der Waals surface area contributed by atoms with Gasteiger partial charge in [0.1, 0.15) is 45.3 Å². The number of hydrogen-bond donors (Lipinski definition) is 0. The monoisotopic (exact) mass is 912 g/mol. The third-order valence-electron chi connectivity index (χ3n) is 10.6. The molecule has 326 valence electrons. The van der Waals surface area contributed by atoms with Crippen molar-refractivity contribution in [1.82, 2.24) is 0 Å². The Balaban J connectivity index is 0.000000251. The van der Waals surface area contributed by atoms with Crippen molar-refractivity contribution in [2.75, 3.05) is 0 Å². The Morgan fingerprint density at radius 2 is 0.492 bits per heavy atom. The van der Waals surface area contributed by atoms with E-state index in [0.717, 1.165) is 0 Å². The average Bonchev–Trinajstić information content (AvgIpc) is 3.22. The van der Waals surface area contributed by atoms with Crippen LogP contribution in [0.2, 0.25) is 0 Å². The number of rotatable bonds is 7. The SMILES string of the molecule is Cc1ccccc1[PH+](c1ccccc1C)c1ccccc1C.Fc1cc(F)c([B-](c2c(F)cc(F)c(F)c2F)(c2c(F)cc(F)c(F)c2F)c2c(F)cc(F)c(F)c2F)c(F)c1F. The zero-order valence-electron chi connectivity index (χ0n) is 32.4. The van der Waals surface area contributed by atoms with Gasteiger partial charge >= 0.3 is 0 Å². The van der Waals surface area contributed by atoms with Crippen LogP contribution in [0, 0.1) is 114 Å². The van der Waals surface area contributed by atoms with E-state index in [-0.39, 0.29) is 0 Å². The average molecular weight is 912 g/mol. The zero-order chi connectivity index (χ0) is 46.4. The lowest BCUT2D eigenvalue weighted by atomic mass is 9.12. The van der Waals surface area contributed by atoms with E-state index < -0.39 is 153 Å². The molecule has 0 aliphatic carbocycles. The molecule has 0 N–H and O–H groups in total. The molecule has 0 saturated carbocycles. The maximum atomic E-state index is 15.3. The fourth-order valence-corrected chi connectivity index (χ4v) is 10.9. The number of halogens is 16. The van der Waals surface area contributed by atoms with Crippen molar-refractivity contribution >= 4 is 51.8 Å². The third kappa shape index (κ3) is 7.96. The van der Waals surface area contributed by atoms with Gasteiger partial charge in [-0.3, -0.25) is 0 Å². The molecule has 0 amide bonds. The van der Waals surface area contributed by atoms with E-state index in [1.807, 2.05) is 0 Å². The van der Waals surface area contributed by atoms with Crippen LogP contribution in [-0.4, -0.2) is 6.15 Å². The quantitative estimate of drug-likeness (QED) is 0.0492. The molecular weight excluding hydrogens is 886 g/mol. The number of hydrogen-bond acceptors (Lipinski definition) is 0. The molecule has 7 aromatic carbocycles. The van der Waals surface area contributed by atoms with Crippen LogP contribution in [0.5, 0.6) is 0 Å². The van der Waals surface area contributed by atoms with Crippen LogP contribution < -0.4 is 37.8 Å². The van der Waals surface area contributed by atoms with Crippen molar-refractivity contribution in [2.24, 2.45) is 0 Å². The van der Waals surface area contributed by atoms with Crippen molar-refractivity contribution in [3.63, 3.8) is 0 Å². The summed E-state index contributed by atoms with van der Waals surface area (Å²) in [6.07, 6.45) is -6.18. The summed E-state index contributed by atoms with van der Waals surface area (Å²) in [5.41, 5.74) is -6.77. The molecule has 0 spiro atoms. The van der Waals surface area contributed by atoms with Gasteiger partial charge in [0.25, 0.3) is 0 Å². The Labute approximate surface area is 349 Å². The topological polar surface area (TPSA) is 0 Å². The van der Waals surface area contributed by atoms with E-state index in [1.165, 1.54) is 32.6 Å². The second-order valence-electron chi connectivity index (χ2n) is 14.2. The normalized spacial score (nSPS) is 11.6. The Hall–Kier alpha value is -6.09. The van der Waals surface area contributed by atoms with Crippen molar-refractivity contribution in [3.8, 4) is 0 Å². The standard InChI is InChI=1S/C24H4BF16.C21H21P/c26-5-1-9(30)17(34)21(38)13(5)25(14-6(27)2-10(31)18(35)22(14)39,15-7(28)3-11(32)19(36)23(15)40)16-8(29)4-12(33)20(37)24(16)41;1-16-10-4-7-13-19(16)22(20-14-8-5-11-17(20)2)21-15-9-6-12-18(21)3/h1-4H;4-15H,1-3H3/q-1;/p+1. The van der Waals surface area contributed by atoms with Gasteiger partial charge in [0.2, 0.25) is 0 Å². The van der Waals surface area contributed by atoms with E-state index in [9.17, 15) is 35.1 Å². The summed E-state index contributed by atoms with van der Waals surface area (Å²) in [5, 5.41) is 4.49. The van der Waals surface area contributed by atoms with Gasteiger partial charge in [-0.25, -0.2) is 70.2 Å². The van der Waals surface area contributed by atoms with Crippen molar-refractivity contribution in [1.29, 1.82) is 0 Å². The van der Waals surface area contributed by atoms with E-state index >= 15 is 35.1 Å². The summed E-state index contributed by atoms with van der Waals surface area (Å²) in [7, 11) is -0.968. The molecule has 0 heterocycles. The van der Waals surface area contributed by atoms with Crippen LogP contribution >= 0.6 is 7.92 Å². The summed E-state index contributed by atoms with van der Waals surface area (Å²) in [6.45, 7) is 6.70. The van der Waals surface area contributed by atoms with Gasteiger partial charge in [0.05, 0.1) is 31.2 Å². The lowest BCUT2D eigenvalue weighted by Crippen LogP contribution is -2.80. The molecule has 0 unspecified atom stereocenters. The van der Waals surface area contributed by atoms with Gasteiger partial charge in [-0.15, -0.1) is 21.9 Å². The van der Waals surface area contributed by atoms with Crippen molar-refractivity contribution < 1.29 is 70.2 Å². The second kappa shape index (κ2) is 18.0. The highest BCUT2D eigenvalue weighted by atomic mass is 31.1. The summed E-state index contributed by atoms with van der Waals surface area (Å²) in [4.78, 5) is 0. The molecule has 7 aromatic rings. The van der Waals surface area contributed by atoms with Gasteiger partial charge < -0.3 is 0 Å². The summed E-state index contributed by atoms with van der Waals surface area (Å²) in [6, 6.07) is 23.6. The molecule has 0 atom stereocenters. The smallest absolute Gasteiger partial charge is 0.191 e. The van der Waals surface area contributed by atoms with E-state index in [1.54, 1.807) is 0 Å². The van der Waals surface area contributed by atoms with Crippen LogP contribution in [0.4, 0.5) is 70.2 Å². The minimum Gasteiger partial charge on any atom is -0.210 e. The number of benzene rings is 7. The first-order valence-electron chi connectivity index (χ1n) is 18.2. The molecule has 18 heteroatoms. The molecule has 0 nitrogen and oxygen atoms in total. The Morgan fingerprint density at radius 1 is 0.286 bits per heavy atom. The zero-order valence-corrected chi connectivity index (χ0v) is 33.4.